The number of carbonyl (C=O) groups excluding carboxylic acids is 1. The molecular formula is C25H23Cl3O6. The molecule has 1 aliphatic carbocycles. The molecule has 180 valence electrons. The van der Waals surface area contributed by atoms with Crippen LogP contribution in [0.3, 0.4) is 0 Å². The standard InChI is InChI=1S/C25H23Cl3O6/c1-23(2)19(12-13-20(29)33-15-24(26,27)28)25(23,22(30)31)21(32-3)16-8-7-11-18(14-16)34-17-9-5-4-6-10-17/h4-11,14,19,21H,15H2,1-3H3,(H,30,31)/t19-,21-,25-/m1/s1. The van der Waals surface area contributed by atoms with E-state index in [-0.39, 0.29) is 0 Å². The fourth-order valence-electron chi connectivity index (χ4n) is 4.36. The number of benzene rings is 2. The van der Waals surface area contributed by atoms with Gasteiger partial charge in [0.2, 0.25) is 3.79 Å². The van der Waals surface area contributed by atoms with Gasteiger partial charge in [-0.15, -0.1) is 0 Å². The number of alkyl halides is 3. The summed E-state index contributed by atoms with van der Waals surface area (Å²) in [5.41, 5.74) is -1.64. The van der Waals surface area contributed by atoms with Gasteiger partial charge in [-0.2, -0.15) is 0 Å². The van der Waals surface area contributed by atoms with Gasteiger partial charge in [0.05, 0.1) is 0 Å². The number of methoxy groups -OCH3 is 1. The van der Waals surface area contributed by atoms with E-state index >= 15 is 0 Å². The first-order chi connectivity index (χ1) is 15.9. The highest BCUT2D eigenvalue weighted by molar-refractivity contribution is 6.67. The number of para-hydroxylation sites is 1. The van der Waals surface area contributed by atoms with Crippen molar-refractivity contribution in [3.63, 3.8) is 0 Å². The molecular weight excluding hydrogens is 503 g/mol. The van der Waals surface area contributed by atoms with E-state index in [0.29, 0.717) is 17.1 Å². The predicted octanol–water partition coefficient (Wildman–Crippen LogP) is 5.81. The van der Waals surface area contributed by atoms with Crippen LogP contribution in [0.2, 0.25) is 0 Å². The van der Waals surface area contributed by atoms with Gasteiger partial charge in [-0.25, -0.2) is 4.79 Å². The quantitative estimate of drug-likeness (QED) is 0.213. The number of hydrogen-bond acceptors (Lipinski definition) is 5. The van der Waals surface area contributed by atoms with E-state index in [4.69, 9.17) is 49.0 Å². The molecule has 0 spiro atoms. The van der Waals surface area contributed by atoms with Crippen LogP contribution in [0.1, 0.15) is 25.5 Å². The van der Waals surface area contributed by atoms with E-state index in [2.05, 4.69) is 11.8 Å². The molecule has 1 N–H and O–H groups in total. The second-order valence-electron chi connectivity index (χ2n) is 8.39. The van der Waals surface area contributed by atoms with Crippen molar-refractivity contribution in [2.24, 2.45) is 16.7 Å². The number of carbonyl (C=O) groups is 2. The van der Waals surface area contributed by atoms with Crippen molar-refractivity contribution < 1.29 is 28.9 Å². The zero-order valence-electron chi connectivity index (χ0n) is 18.7. The molecule has 0 aromatic heterocycles. The Labute approximate surface area is 213 Å². The third-order valence-electron chi connectivity index (χ3n) is 5.99. The van der Waals surface area contributed by atoms with E-state index in [1.54, 1.807) is 38.1 Å². The smallest absolute Gasteiger partial charge is 0.384 e. The summed E-state index contributed by atoms with van der Waals surface area (Å²) < 4.78 is 14.7. The molecule has 0 heterocycles. The second-order valence-corrected chi connectivity index (χ2v) is 10.9. The number of hydrogen-bond donors (Lipinski definition) is 1. The maximum absolute atomic E-state index is 12.6. The minimum atomic E-state index is -1.77. The van der Waals surface area contributed by atoms with Crippen molar-refractivity contribution in [1.82, 2.24) is 0 Å². The van der Waals surface area contributed by atoms with E-state index in [0.717, 1.165) is 0 Å². The first-order valence-electron chi connectivity index (χ1n) is 10.3. The van der Waals surface area contributed by atoms with Gasteiger partial charge in [0.1, 0.15) is 29.6 Å². The molecule has 0 unspecified atom stereocenters. The summed E-state index contributed by atoms with van der Waals surface area (Å²) in [4.78, 5) is 24.6. The Bertz CT molecular complexity index is 1120. The lowest BCUT2D eigenvalue weighted by Gasteiger charge is -2.26. The van der Waals surface area contributed by atoms with Gasteiger partial charge in [0, 0.05) is 18.9 Å². The van der Waals surface area contributed by atoms with Crippen LogP contribution in [-0.2, 0) is 19.1 Å². The summed E-state index contributed by atoms with van der Waals surface area (Å²) in [6.45, 7) is 3.06. The first kappa shape index (κ1) is 26.2. The highest BCUT2D eigenvalue weighted by Gasteiger charge is 2.79. The molecule has 1 aliphatic rings. The normalized spacial score (nSPS) is 21.5. The van der Waals surface area contributed by atoms with Crippen LogP contribution in [0.5, 0.6) is 11.5 Å². The van der Waals surface area contributed by atoms with Crippen LogP contribution in [-0.4, -0.2) is 34.6 Å². The van der Waals surface area contributed by atoms with E-state index in [1.807, 2.05) is 30.3 Å². The lowest BCUT2D eigenvalue weighted by molar-refractivity contribution is -0.152. The molecule has 0 bridgehead atoms. The molecule has 34 heavy (non-hydrogen) atoms. The molecule has 1 fully saturated rings. The summed E-state index contributed by atoms with van der Waals surface area (Å²) >= 11 is 16.7. The number of carboxylic acids is 1. The van der Waals surface area contributed by atoms with Gasteiger partial charge in [-0.05, 0) is 35.2 Å². The average Bonchev–Trinajstić information content (AvgIpc) is 3.27. The Morgan fingerprint density at radius 2 is 1.74 bits per heavy atom. The number of halogens is 3. The molecule has 0 radical (unpaired) electrons. The third-order valence-corrected chi connectivity index (χ3v) is 6.32. The third kappa shape index (κ3) is 5.29. The summed E-state index contributed by atoms with van der Waals surface area (Å²) in [5, 5.41) is 10.3. The maximum Gasteiger partial charge on any atom is 0.384 e. The van der Waals surface area contributed by atoms with E-state index in [1.165, 1.54) is 7.11 Å². The predicted molar refractivity (Wildman–Crippen MR) is 129 cm³/mol. The van der Waals surface area contributed by atoms with Crippen molar-refractivity contribution in [2.45, 2.75) is 23.7 Å². The van der Waals surface area contributed by atoms with Gasteiger partial charge in [0.15, 0.2) is 0 Å². The van der Waals surface area contributed by atoms with Crippen molar-refractivity contribution in [1.29, 1.82) is 0 Å². The SMILES string of the molecule is CO[C@H](c1cccc(Oc2ccccc2)c1)[C@@]1(C(=O)O)[C@H](C#CC(=O)OCC(Cl)(Cl)Cl)C1(C)C. The van der Waals surface area contributed by atoms with Gasteiger partial charge in [0.25, 0.3) is 0 Å². The largest absolute Gasteiger partial charge is 0.481 e. The molecule has 0 amide bonds. The van der Waals surface area contributed by atoms with E-state index < -0.39 is 45.2 Å². The topological polar surface area (TPSA) is 82.1 Å². The molecule has 0 aliphatic heterocycles. The summed E-state index contributed by atoms with van der Waals surface area (Å²) in [6, 6.07) is 16.3. The molecule has 1 saturated carbocycles. The number of esters is 1. The maximum atomic E-state index is 12.6. The minimum Gasteiger partial charge on any atom is -0.481 e. The van der Waals surface area contributed by atoms with Crippen molar-refractivity contribution >= 4 is 46.7 Å². The lowest BCUT2D eigenvalue weighted by atomic mass is 9.85. The summed E-state index contributed by atoms with van der Waals surface area (Å²) in [6.07, 6.45) is -0.865. The molecule has 3 rings (SSSR count). The molecule has 3 atom stereocenters. The Balaban J connectivity index is 1.90. The Morgan fingerprint density at radius 1 is 1.09 bits per heavy atom. The van der Waals surface area contributed by atoms with Gasteiger partial charge < -0.3 is 19.3 Å². The first-order valence-corrected chi connectivity index (χ1v) is 11.4. The molecule has 9 heteroatoms. The number of rotatable bonds is 7. The minimum absolute atomic E-state index is 0.474. The number of aliphatic carboxylic acids is 1. The van der Waals surface area contributed by atoms with Crippen LogP contribution in [0, 0.1) is 28.6 Å². The van der Waals surface area contributed by atoms with Crippen LogP contribution >= 0.6 is 34.8 Å². The Morgan fingerprint density at radius 3 is 2.32 bits per heavy atom. The van der Waals surface area contributed by atoms with Crippen molar-refractivity contribution in [2.75, 3.05) is 13.7 Å². The molecule has 2 aromatic rings. The molecule has 2 aromatic carbocycles. The average molecular weight is 526 g/mol. The van der Waals surface area contributed by atoms with Gasteiger partial charge >= 0.3 is 11.9 Å². The van der Waals surface area contributed by atoms with Crippen LogP contribution in [0.25, 0.3) is 0 Å². The molecule has 0 saturated heterocycles. The van der Waals surface area contributed by atoms with Gasteiger partial charge in [-0.3, -0.25) is 4.79 Å². The number of carboxylic acid groups (broad SMARTS) is 1. The fourth-order valence-corrected chi connectivity index (χ4v) is 4.52. The molecule has 6 nitrogen and oxygen atoms in total. The summed E-state index contributed by atoms with van der Waals surface area (Å²) in [5.74, 6) is 3.54. The van der Waals surface area contributed by atoms with Crippen LogP contribution in [0.4, 0.5) is 0 Å². The van der Waals surface area contributed by atoms with Gasteiger partial charge in [-0.1, -0.05) is 84.9 Å². The zero-order chi connectivity index (χ0) is 25.1. The second kappa shape index (κ2) is 10.1. The Hall–Kier alpha value is -2.43. The monoisotopic (exact) mass is 524 g/mol. The number of ether oxygens (including phenoxy) is 3. The van der Waals surface area contributed by atoms with E-state index in [9.17, 15) is 14.7 Å². The fraction of sp³-hybridized carbons (Fsp3) is 0.360. The van der Waals surface area contributed by atoms with Crippen molar-refractivity contribution in [3.8, 4) is 23.3 Å². The van der Waals surface area contributed by atoms with Crippen LogP contribution in [0.15, 0.2) is 54.6 Å². The highest BCUT2D eigenvalue weighted by Crippen LogP contribution is 2.74. The van der Waals surface area contributed by atoms with Crippen molar-refractivity contribution in [3.05, 3.63) is 60.2 Å². The zero-order valence-corrected chi connectivity index (χ0v) is 20.9. The highest BCUT2D eigenvalue weighted by atomic mass is 35.6. The Kier molecular flexibility index (Phi) is 7.74. The van der Waals surface area contributed by atoms with Crippen LogP contribution < -0.4 is 4.74 Å². The summed E-state index contributed by atoms with van der Waals surface area (Å²) in [7, 11) is 1.44. The lowest BCUT2D eigenvalue weighted by Crippen LogP contribution is -2.30.